The maximum Gasteiger partial charge on any atom is 0.221 e. The van der Waals surface area contributed by atoms with Gasteiger partial charge in [0.2, 0.25) is 5.65 Å². The topological polar surface area (TPSA) is 74.3 Å². The fraction of sp³-hybridized carbons (Fsp3) is 0.118. The van der Waals surface area contributed by atoms with Crippen molar-refractivity contribution in [2.75, 3.05) is 0 Å². The van der Waals surface area contributed by atoms with Crippen molar-refractivity contribution in [3.05, 3.63) is 53.8 Å². The second kappa shape index (κ2) is 5.45. The van der Waals surface area contributed by atoms with Gasteiger partial charge < -0.3 is 0 Å². The molecular formula is C17H13N7S. The summed E-state index contributed by atoms with van der Waals surface area (Å²) in [6.45, 7) is 0.617. The van der Waals surface area contributed by atoms with Gasteiger partial charge in [-0.05, 0) is 22.4 Å². The van der Waals surface area contributed by atoms with Crippen molar-refractivity contribution >= 4 is 32.7 Å². The molecule has 0 aliphatic carbocycles. The standard InChI is InChI=1S/C17H13N7S/c1-23-8-11(6-19-23)14-7-18-16-17(20-14)24(22-21-16)9-12-10-25-15-5-3-2-4-13(12)15/h2-8,10H,9H2,1H3. The molecule has 25 heavy (non-hydrogen) atoms. The maximum atomic E-state index is 4.70. The molecule has 0 spiro atoms. The number of aromatic nitrogens is 7. The minimum absolute atomic E-state index is 0.548. The van der Waals surface area contributed by atoms with E-state index in [0.717, 1.165) is 11.3 Å². The molecule has 0 radical (unpaired) electrons. The minimum atomic E-state index is 0.548. The predicted molar refractivity (Wildman–Crippen MR) is 96.2 cm³/mol. The van der Waals surface area contributed by atoms with Crippen LogP contribution in [0.1, 0.15) is 5.56 Å². The van der Waals surface area contributed by atoms with Crippen LogP contribution < -0.4 is 0 Å². The molecular weight excluding hydrogens is 334 g/mol. The first-order chi connectivity index (χ1) is 12.3. The molecule has 0 atom stereocenters. The average molecular weight is 347 g/mol. The van der Waals surface area contributed by atoms with E-state index >= 15 is 0 Å². The van der Waals surface area contributed by atoms with Crippen LogP contribution in [0, 0.1) is 0 Å². The van der Waals surface area contributed by atoms with E-state index in [2.05, 4.69) is 50.0 Å². The van der Waals surface area contributed by atoms with Crippen molar-refractivity contribution < 1.29 is 0 Å². The number of aryl methyl sites for hydroxylation is 1. The van der Waals surface area contributed by atoms with Gasteiger partial charge in [-0.15, -0.1) is 16.4 Å². The molecule has 0 unspecified atom stereocenters. The lowest BCUT2D eigenvalue weighted by Gasteiger charge is -2.02. The van der Waals surface area contributed by atoms with E-state index in [1.165, 1.54) is 15.6 Å². The lowest BCUT2D eigenvalue weighted by atomic mass is 10.2. The van der Waals surface area contributed by atoms with E-state index in [1.54, 1.807) is 33.1 Å². The van der Waals surface area contributed by atoms with Crippen LogP contribution in [0.25, 0.3) is 32.6 Å². The molecule has 5 aromatic rings. The Bertz CT molecular complexity index is 1200. The second-order valence-electron chi connectivity index (χ2n) is 5.81. The SMILES string of the molecule is Cn1cc(-c2cnc3nnn(Cc4csc5ccccc45)c3n2)cn1. The van der Waals surface area contributed by atoms with Crippen molar-refractivity contribution in [2.45, 2.75) is 6.54 Å². The molecule has 0 aliphatic heterocycles. The number of nitrogens with zero attached hydrogens (tertiary/aromatic N) is 7. The smallest absolute Gasteiger partial charge is 0.221 e. The molecule has 4 heterocycles. The fourth-order valence-corrected chi connectivity index (χ4v) is 3.83. The van der Waals surface area contributed by atoms with Gasteiger partial charge in [0.05, 0.1) is 24.6 Å². The molecule has 122 valence electrons. The number of thiophene rings is 1. The van der Waals surface area contributed by atoms with E-state index in [1.807, 2.05) is 13.2 Å². The molecule has 0 amide bonds. The quantitative estimate of drug-likeness (QED) is 0.502. The van der Waals surface area contributed by atoms with Crippen LogP contribution in [0.5, 0.6) is 0 Å². The van der Waals surface area contributed by atoms with Crippen molar-refractivity contribution in [3.63, 3.8) is 0 Å². The first-order valence-corrected chi connectivity index (χ1v) is 8.66. The first kappa shape index (κ1) is 14.2. The molecule has 0 bridgehead atoms. The number of rotatable bonds is 3. The Labute approximate surface area is 146 Å². The third-order valence-electron chi connectivity index (χ3n) is 4.11. The summed E-state index contributed by atoms with van der Waals surface area (Å²) in [5, 5.41) is 16.0. The Kier molecular flexibility index (Phi) is 3.10. The summed E-state index contributed by atoms with van der Waals surface area (Å²) >= 11 is 1.74. The number of hydrogen-bond acceptors (Lipinski definition) is 6. The summed E-state index contributed by atoms with van der Waals surface area (Å²) in [5.74, 6) is 0. The highest BCUT2D eigenvalue weighted by Gasteiger charge is 2.13. The molecule has 0 fully saturated rings. The zero-order valence-corrected chi connectivity index (χ0v) is 14.2. The normalized spacial score (nSPS) is 11.6. The third-order valence-corrected chi connectivity index (χ3v) is 5.12. The van der Waals surface area contributed by atoms with Crippen LogP contribution in [0.15, 0.2) is 48.2 Å². The number of hydrogen-bond donors (Lipinski definition) is 0. The Morgan fingerprint density at radius 2 is 2.08 bits per heavy atom. The highest BCUT2D eigenvalue weighted by Crippen LogP contribution is 2.26. The number of fused-ring (bicyclic) bond motifs is 2. The summed E-state index contributed by atoms with van der Waals surface area (Å²) in [6.07, 6.45) is 5.39. The van der Waals surface area contributed by atoms with Crippen molar-refractivity contribution in [1.82, 2.24) is 34.7 Å². The van der Waals surface area contributed by atoms with Crippen molar-refractivity contribution in [2.24, 2.45) is 7.05 Å². The molecule has 0 aliphatic rings. The first-order valence-electron chi connectivity index (χ1n) is 7.78. The van der Waals surface area contributed by atoms with Crippen LogP contribution in [0.2, 0.25) is 0 Å². The maximum absolute atomic E-state index is 4.70. The highest BCUT2D eigenvalue weighted by atomic mass is 32.1. The third kappa shape index (κ3) is 2.38. The summed E-state index contributed by atoms with van der Waals surface area (Å²) in [4.78, 5) is 9.09. The van der Waals surface area contributed by atoms with Gasteiger partial charge in [-0.3, -0.25) is 4.68 Å². The van der Waals surface area contributed by atoms with Crippen molar-refractivity contribution in [1.29, 1.82) is 0 Å². The summed E-state index contributed by atoms with van der Waals surface area (Å²) in [7, 11) is 1.88. The van der Waals surface area contributed by atoms with E-state index in [0.29, 0.717) is 17.8 Å². The fourth-order valence-electron chi connectivity index (χ4n) is 2.87. The van der Waals surface area contributed by atoms with Gasteiger partial charge in [0, 0.05) is 23.5 Å². The van der Waals surface area contributed by atoms with Crippen LogP contribution >= 0.6 is 11.3 Å². The second-order valence-corrected chi connectivity index (χ2v) is 6.72. The number of benzene rings is 1. The molecule has 0 N–H and O–H groups in total. The monoisotopic (exact) mass is 347 g/mol. The summed E-state index contributed by atoms with van der Waals surface area (Å²) in [5.41, 5.74) is 4.12. The van der Waals surface area contributed by atoms with Crippen molar-refractivity contribution in [3.8, 4) is 11.3 Å². The van der Waals surface area contributed by atoms with Gasteiger partial charge >= 0.3 is 0 Å². The van der Waals surface area contributed by atoms with Gasteiger partial charge in [-0.1, -0.05) is 23.4 Å². The largest absolute Gasteiger partial charge is 0.275 e. The predicted octanol–water partition coefficient (Wildman–Crippen LogP) is 2.88. The van der Waals surface area contributed by atoms with Gasteiger partial charge in [0.1, 0.15) is 0 Å². The lowest BCUT2D eigenvalue weighted by Crippen LogP contribution is -2.03. The molecule has 0 saturated carbocycles. The molecule has 5 rings (SSSR count). The molecule has 4 aromatic heterocycles. The van der Waals surface area contributed by atoms with E-state index < -0.39 is 0 Å². The van der Waals surface area contributed by atoms with E-state index in [-0.39, 0.29) is 0 Å². The van der Waals surface area contributed by atoms with Crippen LogP contribution in [0.3, 0.4) is 0 Å². The van der Waals surface area contributed by atoms with Gasteiger partial charge in [-0.2, -0.15) is 5.10 Å². The lowest BCUT2D eigenvalue weighted by molar-refractivity contribution is 0.668. The van der Waals surface area contributed by atoms with E-state index in [9.17, 15) is 0 Å². The van der Waals surface area contributed by atoms with Crippen LogP contribution in [-0.4, -0.2) is 34.7 Å². The summed E-state index contributed by atoms with van der Waals surface area (Å²) in [6, 6.07) is 8.37. The van der Waals surface area contributed by atoms with E-state index in [4.69, 9.17) is 4.98 Å². The van der Waals surface area contributed by atoms with Gasteiger partial charge in [0.25, 0.3) is 0 Å². The Balaban J connectivity index is 1.59. The molecule has 1 aromatic carbocycles. The molecule has 7 nitrogen and oxygen atoms in total. The highest BCUT2D eigenvalue weighted by molar-refractivity contribution is 7.17. The van der Waals surface area contributed by atoms with Gasteiger partial charge in [0.15, 0.2) is 5.65 Å². The Hall–Kier alpha value is -3.13. The zero-order valence-electron chi connectivity index (χ0n) is 13.4. The molecule has 0 saturated heterocycles. The minimum Gasteiger partial charge on any atom is -0.275 e. The molecule has 8 heteroatoms. The van der Waals surface area contributed by atoms with Gasteiger partial charge in [-0.25, -0.2) is 14.6 Å². The zero-order chi connectivity index (χ0) is 16.8. The Morgan fingerprint density at radius 3 is 2.96 bits per heavy atom. The van der Waals surface area contributed by atoms with Crippen LogP contribution in [0.4, 0.5) is 0 Å². The Morgan fingerprint density at radius 1 is 1.16 bits per heavy atom. The summed E-state index contributed by atoms with van der Waals surface area (Å²) < 4.78 is 4.81. The average Bonchev–Trinajstić information content (AvgIpc) is 3.35. The van der Waals surface area contributed by atoms with Crippen LogP contribution in [-0.2, 0) is 13.6 Å².